The van der Waals surface area contributed by atoms with Gasteiger partial charge in [0.25, 0.3) is 0 Å². The van der Waals surface area contributed by atoms with Crippen LogP contribution in [-0.2, 0) is 17.7 Å². The van der Waals surface area contributed by atoms with Crippen molar-refractivity contribution in [1.29, 1.82) is 0 Å². The summed E-state index contributed by atoms with van der Waals surface area (Å²) in [5.41, 5.74) is 2.79. The zero-order valence-electron chi connectivity index (χ0n) is 22.7. The smallest absolute Gasteiger partial charge is 0.339 e. The second kappa shape index (κ2) is 13.1. The summed E-state index contributed by atoms with van der Waals surface area (Å²) >= 11 is 0. The monoisotopic (exact) mass is 498 g/mol. The van der Waals surface area contributed by atoms with Crippen LogP contribution in [0.4, 0.5) is 0 Å². The van der Waals surface area contributed by atoms with Crippen LogP contribution < -0.4 is 5.63 Å². The largest absolute Gasteiger partial charge is 0.507 e. The van der Waals surface area contributed by atoms with Crippen LogP contribution in [0.5, 0.6) is 5.75 Å². The predicted octanol–water partition coefficient (Wildman–Crippen LogP) is 5.64. The molecule has 0 amide bonds. The highest BCUT2D eigenvalue weighted by Crippen LogP contribution is 2.34. The number of unbranched alkanes of at least 4 members (excludes halogenated alkanes) is 3. The molecule has 2 aliphatic rings. The summed E-state index contributed by atoms with van der Waals surface area (Å²) in [6, 6.07) is 4.33. The van der Waals surface area contributed by atoms with Gasteiger partial charge < -0.3 is 19.2 Å². The summed E-state index contributed by atoms with van der Waals surface area (Å²) in [5.74, 6) is 0.822. The molecule has 36 heavy (non-hydrogen) atoms. The Morgan fingerprint density at radius 3 is 2.75 bits per heavy atom. The number of fused-ring (bicyclic) bond motifs is 2. The van der Waals surface area contributed by atoms with E-state index in [1.54, 1.807) is 13.2 Å². The van der Waals surface area contributed by atoms with E-state index >= 15 is 0 Å². The van der Waals surface area contributed by atoms with Crippen LogP contribution in [0.2, 0.25) is 0 Å². The molecular formula is C30H46N2O4. The molecular weight excluding hydrogens is 452 g/mol. The van der Waals surface area contributed by atoms with Gasteiger partial charge in [0.05, 0.1) is 12.2 Å². The summed E-state index contributed by atoms with van der Waals surface area (Å²) in [4.78, 5) is 18.1. The van der Waals surface area contributed by atoms with Crippen molar-refractivity contribution >= 4 is 11.0 Å². The third-order valence-corrected chi connectivity index (χ3v) is 8.53. The van der Waals surface area contributed by atoms with E-state index in [9.17, 15) is 9.90 Å². The van der Waals surface area contributed by atoms with Gasteiger partial charge in [-0.25, -0.2) is 4.79 Å². The number of piperidine rings is 2. The summed E-state index contributed by atoms with van der Waals surface area (Å²) in [5, 5.41) is 11.8. The lowest BCUT2D eigenvalue weighted by Crippen LogP contribution is -2.51. The molecule has 200 valence electrons. The average molecular weight is 499 g/mol. The van der Waals surface area contributed by atoms with Crippen LogP contribution in [0.3, 0.4) is 0 Å². The minimum absolute atomic E-state index is 0.200. The zero-order chi connectivity index (χ0) is 25.5. The fourth-order valence-corrected chi connectivity index (χ4v) is 6.47. The Labute approximate surface area is 216 Å². The minimum Gasteiger partial charge on any atom is -0.507 e. The molecule has 1 aromatic carbocycles. The predicted molar refractivity (Wildman–Crippen MR) is 146 cm³/mol. The first-order valence-electron chi connectivity index (χ1n) is 14.3. The molecule has 1 aromatic heterocycles. The maximum Gasteiger partial charge on any atom is 0.339 e. The molecule has 2 aliphatic heterocycles. The third-order valence-electron chi connectivity index (χ3n) is 8.53. The average Bonchev–Trinajstić information content (AvgIpc) is 2.88. The Kier molecular flexibility index (Phi) is 9.86. The molecule has 2 aromatic rings. The van der Waals surface area contributed by atoms with E-state index in [1.807, 2.05) is 13.0 Å². The first-order chi connectivity index (χ1) is 17.5. The van der Waals surface area contributed by atoms with E-state index in [0.29, 0.717) is 30.7 Å². The summed E-state index contributed by atoms with van der Waals surface area (Å²) in [6.45, 7) is 9.62. The number of aryl methyl sites for hydroxylation is 1. The molecule has 2 atom stereocenters. The third kappa shape index (κ3) is 6.32. The van der Waals surface area contributed by atoms with Crippen molar-refractivity contribution < 1.29 is 14.3 Å². The van der Waals surface area contributed by atoms with Gasteiger partial charge in [0.1, 0.15) is 11.3 Å². The highest BCUT2D eigenvalue weighted by Gasteiger charge is 2.34. The second-order valence-corrected chi connectivity index (χ2v) is 11.0. The number of hydrogen-bond donors (Lipinski definition) is 1. The topological polar surface area (TPSA) is 66.2 Å². The van der Waals surface area contributed by atoms with Crippen LogP contribution >= 0.6 is 0 Å². The van der Waals surface area contributed by atoms with Crippen LogP contribution in [0.25, 0.3) is 11.0 Å². The van der Waals surface area contributed by atoms with Gasteiger partial charge in [0.15, 0.2) is 0 Å². The number of phenolic OH excluding ortho intramolecular Hbond substituents is 1. The van der Waals surface area contributed by atoms with Crippen molar-refractivity contribution in [2.24, 2.45) is 5.92 Å². The second-order valence-electron chi connectivity index (χ2n) is 11.0. The SMILES string of the molecule is CCCCCCc1c(C)c2ccc(O)c(CN(CCOC)CC3CCCN4CCCCC34)c2oc1=O. The molecule has 0 bridgehead atoms. The Hall–Kier alpha value is -1.89. The van der Waals surface area contributed by atoms with E-state index in [2.05, 4.69) is 16.7 Å². The molecule has 2 fully saturated rings. The molecule has 0 spiro atoms. The van der Waals surface area contributed by atoms with E-state index in [-0.39, 0.29) is 11.4 Å². The lowest BCUT2D eigenvalue weighted by molar-refractivity contribution is 0.0335. The minimum atomic E-state index is -0.253. The number of ether oxygens (including phenoxy) is 1. The van der Waals surface area contributed by atoms with Crippen molar-refractivity contribution in [2.45, 2.75) is 90.6 Å². The van der Waals surface area contributed by atoms with Crippen molar-refractivity contribution in [2.75, 3.05) is 39.9 Å². The summed E-state index contributed by atoms with van der Waals surface area (Å²) in [7, 11) is 1.74. The molecule has 2 unspecified atom stereocenters. The molecule has 6 heteroatoms. The van der Waals surface area contributed by atoms with Crippen molar-refractivity contribution in [3.8, 4) is 5.75 Å². The van der Waals surface area contributed by atoms with E-state index in [4.69, 9.17) is 9.15 Å². The molecule has 0 saturated carbocycles. The van der Waals surface area contributed by atoms with E-state index in [1.165, 1.54) is 58.0 Å². The fraction of sp³-hybridized carbons (Fsp3) is 0.700. The van der Waals surface area contributed by atoms with Crippen LogP contribution in [-0.4, -0.2) is 60.8 Å². The molecule has 2 saturated heterocycles. The molecule has 1 N–H and O–H groups in total. The van der Waals surface area contributed by atoms with Crippen molar-refractivity contribution in [3.63, 3.8) is 0 Å². The van der Waals surface area contributed by atoms with Crippen molar-refractivity contribution in [3.05, 3.63) is 39.2 Å². The Bertz CT molecular complexity index is 1050. The molecule has 0 radical (unpaired) electrons. The molecule has 4 rings (SSSR count). The maximum atomic E-state index is 13.0. The molecule has 6 nitrogen and oxygen atoms in total. The van der Waals surface area contributed by atoms with Crippen LogP contribution in [0.1, 0.15) is 81.4 Å². The summed E-state index contributed by atoms with van der Waals surface area (Å²) in [6.07, 6.45) is 11.7. The lowest BCUT2D eigenvalue weighted by atomic mass is 9.83. The van der Waals surface area contributed by atoms with Crippen molar-refractivity contribution in [1.82, 2.24) is 9.80 Å². The Morgan fingerprint density at radius 1 is 1.11 bits per heavy atom. The lowest BCUT2D eigenvalue weighted by Gasteiger charge is -2.45. The van der Waals surface area contributed by atoms with Crippen LogP contribution in [0.15, 0.2) is 21.3 Å². The van der Waals surface area contributed by atoms with Gasteiger partial charge in [0, 0.05) is 43.7 Å². The number of aromatic hydroxyl groups is 1. The summed E-state index contributed by atoms with van der Waals surface area (Å²) < 4.78 is 11.4. The first kappa shape index (κ1) is 27.2. The Morgan fingerprint density at radius 2 is 1.94 bits per heavy atom. The van der Waals surface area contributed by atoms with Gasteiger partial charge in [-0.05, 0) is 82.2 Å². The normalized spacial score (nSPS) is 20.8. The van der Waals surface area contributed by atoms with E-state index in [0.717, 1.165) is 54.4 Å². The quantitative estimate of drug-likeness (QED) is 0.302. The molecule has 0 aliphatic carbocycles. The Balaban J connectivity index is 1.59. The zero-order valence-corrected chi connectivity index (χ0v) is 22.7. The van der Waals surface area contributed by atoms with Gasteiger partial charge in [-0.2, -0.15) is 0 Å². The standard InChI is InChI=1S/C30H46N2O4/c1-4-5-6-7-12-25-22(2)24-14-15-28(33)26(29(24)36-30(25)34)21-31(18-19-35-3)20-23-11-10-17-32-16-9-8-13-27(23)32/h14-15,23,27,33H,4-13,16-21H2,1-3H3. The van der Waals surface area contributed by atoms with Gasteiger partial charge >= 0.3 is 5.63 Å². The van der Waals surface area contributed by atoms with Gasteiger partial charge in [-0.3, -0.25) is 4.90 Å². The van der Waals surface area contributed by atoms with E-state index < -0.39 is 0 Å². The number of hydrogen-bond acceptors (Lipinski definition) is 6. The van der Waals surface area contributed by atoms with Gasteiger partial charge in [0.2, 0.25) is 0 Å². The highest BCUT2D eigenvalue weighted by molar-refractivity contribution is 5.85. The number of benzene rings is 1. The number of rotatable bonds is 12. The van der Waals surface area contributed by atoms with Gasteiger partial charge in [-0.15, -0.1) is 0 Å². The highest BCUT2D eigenvalue weighted by atomic mass is 16.5. The number of nitrogens with zero attached hydrogens (tertiary/aromatic N) is 2. The van der Waals surface area contributed by atoms with Gasteiger partial charge in [-0.1, -0.05) is 32.6 Å². The first-order valence-corrected chi connectivity index (χ1v) is 14.3. The number of phenols is 1. The fourth-order valence-electron chi connectivity index (χ4n) is 6.47. The number of methoxy groups -OCH3 is 1. The maximum absolute atomic E-state index is 13.0. The van der Waals surface area contributed by atoms with Crippen LogP contribution in [0, 0.1) is 12.8 Å². The molecule has 3 heterocycles.